The van der Waals surface area contributed by atoms with Gasteiger partial charge in [-0.2, -0.15) is 0 Å². The van der Waals surface area contributed by atoms with Gasteiger partial charge in [-0.3, -0.25) is 0 Å². The molecule has 0 fully saturated rings. The molecule has 0 saturated carbocycles. The topological polar surface area (TPSA) is 41.1 Å². The standard InChI is InChI=1S/C23H25BrN4/c1-16(2)23-26-21(25-14-17-6-4-3-5-7-17)13-22(27-23)28-11-10-18-12-20(24)9-8-19(18)15-28/h3-9,12-13,16H,10-11,14-15H2,1-2H3,(H,25,26,27). The first-order chi connectivity index (χ1) is 13.6. The molecule has 28 heavy (non-hydrogen) atoms. The van der Waals surface area contributed by atoms with Gasteiger partial charge >= 0.3 is 0 Å². The number of anilines is 2. The van der Waals surface area contributed by atoms with Gasteiger partial charge in [-0.25, -0.2) is 9.97 Å². The van der Waals surface area contributed by atoms with Gasteiger partial charge in [-0.1, -0.05) is 66.2 Å². The van der Waals surface area contributed by atoms with Gasteiger partial charge in [0.25, 0.3) is 0 Å². The molecule has 4 nitrogen and oxygen atoms in total. The van der Waals surface area contributed by atoms with E-state index in [1.807, 2.05) is 6.07 Å². The Bertz CT molecular complexity index is 956. The van der Waals surface area contributed by atoms with Crippen molar-refractivity contribution in [3.8, 4) is 0 Å². The first-order valence-electron chi connectivity index (χ1n) is 9.77. The third-order valence-corrected chi connectivity index (χ3v) is 5.56. The zero-order valence-corrected chi connectivity index (χ0v) is 17.9. The van der Waals surface area contributed by atoms with Crippen LogP contribution in [-0.2, 0) is 19.5 Å². The Balaban J connectivity index is 1.58. The first-order valence-corrected chi connectivity index (χ1v) is 10.6. The predicted molar refractivity (Wildman–Crippen MR) is 119 cm³/mol. The van der Waals surface area contributed by atoms with Crippen molar-refractivity contribution in [2.45, 2.75) is 39.3 Å². The zero-order chi connectivity index (χ0) is 19.5. The highest BCUT2D eigenvalue weighted by atomic mass is 79.9. The number of halogens is 1. The summed E-state index contributed by atoms with van der Waals surface area (Å²) in [6, 6.07) is 19.1. The van der Waals surface area contributed by atoms with Gasteiger partial charge in [-0.05, 0) is 35.2 Å². The smallest absolute Gasteiger partial charge is 0.135 e. The lowest BCUT2D eigenvalue weighted by atomic mass is 10.00. The van der Waals surface area contributed by atoms with Crippen LogP contribution in [0.2, 0.25) is 0 Å². The number of nitrogens with one attached hydrogen (secondary N) is 1. The van der Waals surface area contributed by atoms with Crippen molar-refractivity contribution in [3.05, 3.63) is 81.6 Å². The third-order valence-electron chi connectivity index (χ3n) is 5.07. The number of hydrogen-bond donors (Lipinski definition) is 1. The molecule has 0 aliphatic carbocycles. The largest absolute Gasteiger partial charge is 0.366 e. The highest BCUT2D eigenvalue weighted by Crippen LogP contribution is 2.28. The van der Waals surface area contributed by atoms with Gasteiger partial charge in [-0.15, -0.1) is 0 Å². The fourth-order valence-corrected chi connectivity index (χ4v) is 3.88. The normalized spacial score (nSPS) is 13.5. The second-order valence-electron chi connectivity index (χ2n) is 7.55. The van der Waals surface area contributed by atoms with Gasteiger partial charge in [0.15, 0.2) is 0 Å². The second kappa shape index (κ2) is 8.31. The molecule has 0 spiro atoms. The van der Waals surface area contributed by atoms with Crippen LogP contribution in [0.5, 0.6) is 0 Å². The van der Waals surface area contributed by atoms with E-state index in [-0.39, 0.29) is 5.92 Å². The van der Waals surface area contributed by atoms with Crippen LogP contribution in [0.4, 0.5) is 11.6 Å². The minimum Gasteiger partial charge on any atom is -0.366 e. The maximum absolute atomic E-state index is 4.87. The number of benzene rings is 2. The third kappa shape index (κ3) is 4.36. The first kappa shape index (κ1) is 18.9. The summed E-state index contributed by atoms with van der Waals surface area (Å²) in [6.07, 6.45) is 1.03. The summed E-state index contributed by atoms with van der Waals surface area (Å²) in [5.41, 5.74) is 4.04. The number of rotatable bonds is 5. The molecule has 4 rings (SSSR count). The Labute approximate surface area is 175 Å². The summed E-state index contributed by atoms with van der Waals surface area (Å²) in [4.78, 5) is 12.0. The fourth-order valence-electron chi connectivity index (χ4n) is 3.47. The Kier molecular flexibility index (Phi) is 5.62. The lowest BCUT2D eigenvalue weighted by Gasteiger charge is -2.30. The number of aromatic nitrogens is 2. The molecule has 3 aromatic rings. The quantitative estimate of drug-likeness (QED) is 0.569. The fraction of sp³-hybridized carbons (Fsp3) is 0.304. The van der Waals surface area contributed by atoms with E-state index < -0.39 is 0 Å². The predicted octanol–water partition coefficient (Wildman–Crippen LogP) is 5.54. The highest BCUT2D eigenvalue weighted by molar-refractivity contribution is 9.10. The van der Waals surface area contributed by atoms with Crippen molar-refractivity contribution in [1.29, 1.82) is 0 Å². The summed E-state index contributed by atoms with van der Waals surface area (Å²) in [7, 11) is 0. The lowest BCUT2D eigenvalue weighted by Crippen LogP contribution is -2.31. The Hall–Kier alpha value is -2.40. The average Bonchev–Trinajstić information content (AvgIpc) is 2.72. The molecule has 144 valence electrons. The molecular weight excluding hydrogens is 412 g/mol. The van der Waals surface area contributed by atoms with Gasteiger partial charge in [0.05, 0.1) is 0 Å². The van der Waals surface area contributed by atoms with Gasteiger partial charge in [0.1, 0.15) is 17.5 Å². The molecule has 0 saturated heterocycles. The van der Waals surface area contributed by atoms with Crippen LogP contribution < -0.4 is 10.2 Å². The van der Waals surface area contributed by atoms with Crippen LogP contribution in [0.15, 0.2) is 59.1 Å². The van der Waals surface area contributed by atoms with Crippen LogP contribution >= 0.6 is 15.9 Å². The van der Waals surface area contributed by atoms with E-state index in [1.54, 1.807) is 0 Å². The van der Waals surface area contributed by atoms with Crippen molar-refractivity contribution in [3.63, 3.8) is 0 Å². The van der Waals surface area contributed by atoms with Crippen LogP contribution in [0.3, 0.4) is 0 Å². The average molecular weight is 437 g/mol. The summed E-state index contributed by atoms with van der Waals surface area (Å²) in [6.45, 7) is 6.89. The number of nitrogens with zero attached hydrogens (tertiary/aromatic N) is 3. The maximum atomic E-state index is 4.87. The molecule has 1 N–H and O–H groups in total. The molecule has 0 atom stereocenters. The molecule has 1 aliphatic rings. The zero-order valence-electron chi connectivity index (χ0n) is 16.3. The van der Waals surface area contributed by atoms with Crippen molar-refractivity contribution in [2.24, 2.45) is 0 Å². The molecule has 2 aromatic carbocycles. The lowest BCUT2D eigenvalue weighted by molar-refractivity contribution is 0.702. The van der Waals surface area contributed by atoms with Crippen molar-refractivity contribution in [1.82, 2.24) is 9.97 Å². The maximum Gasteiger partial charge on any atom is 0.135 e. The molecule has 1 aromatic heterocycles. The van der Waals surface area contributed by atoms with E-state index in [4.69, 9.17) is 9.97 Å². The summed E-state index contributed by atoms with van der Waals surface area (Å²) in [5, 5.41) is 3.48. The van der Waals surface area contributed by atoms with Crippen LogP contribution in [0.1, 0.15) is 42.3 Å². The van der Waals surface area contributed by atoms with E-state index >= 15 is 0 Å². The number of fused-ring (bicyclic) bond motifs is 1. The molecule has 5 heteroatoms. The van der Waals surface area contributed by atoms with Crippen molar-refractivity contribution >= 4 is 27.6 Å². The van der Waals surface area contributed by atoms with E-state index in [0.717, 1.165) is 48.0 Å². The summed E-state index contributed by atoms with van der Waals surface area (Å²) >= 11 is 3.58. The van der Waals surface area contributed by atoms with Crippen molar-refractivity contribution < 1.29 is 0 Å². The minimum atomic E-state index is 0.283. The van der Waals surface area contributed by atoms with Crippen molar-refractivity contribution in [2.75, 3.05) is 16.8 Å². The Morgan fingerprint density at radius 1 is 1.04 bits per heavy atom. The van der Waals surface area contributed by atoms with E-state index in [1.165, 1.54) is 16.7 Å². The highest BCUT2D eigenvalue weighted by Gasteiger charge is 2.19. The van der Waals surface area contributed by atoms with Crippen LogP contribution in [0.25, 0.3) is 0 Å². The molecule has 1 aliphatic heterocycles. The minimum absolute atomic E-state index is 0.283. The van der Waals surface area contributed by atoms with Gasteiger partial charge in [0, 0.05) is 36.1 Å². The Morgan fingerprint density at radius 2 is 1.86 bits per heavy atom. The molecule has 0 unspecified atom stereocenters. The van der Waals surface area contributed by atoms with Crippen LogP contribution in [-0.4, -0.2) is 16.5 Å². The summed E-state index contributed by atoms with van der Waals surface area (Å²) in [5.74, 6) is 3.06. The number of hydrogen-bond acceptors (Lipinski definition) is 4. The monoisotopic (exact) mass is 436 g/mol. The van der Waals surface area contributed by atoms with Crippen LogP contribution in [0, 0.1) is 0 Å². The summed E-state index contributed by atoms with van der Waals surface area (Å²) < 4.78 is 1.15. The van der Waals surface area contributed by atoms with Gasteiger partial charge in [0.2, 0.25) is 0 Å². The molecule has 0 amide bonds. The second-order valence-corrected chi connectivity index (χ2v) is 8.46. The van der Waals surface area contributed by atoms with E-state index in [2.05, 4.69) is 88.5 Å². The molecular formula is C23H25BrN4. The van der Waals surface area contributed by atoms with Gasteiger partial charge < -0.3 is 10.2 Å². The van der Waals surface area contributed by atoms with E-state index in [0.29, 0.717) is 0 Å². The molecule has 2 heterocycles. The molecule has 0 bridgehead atoms. The van der Waals surface area contributed by atoms with E-state index in [9.17, 15) is 0 Å². The Morgan fingerprint density at radius 3 is 2.64 bits per heavy atom. The SMILES string of the molecule is CC(C)c1nc(NCc2ccccc2)cc(N2CCc3cc(Br)ccc3C2)n1. The molecule has 0 radical (unpaired) electrons.